The van der Waals surface area contributed by atoms with E-state index in [0.29, 0.717) is 34.9 Å². The molecule has 1 aromatic heterocycles. The van der Waals surface area contributed by atoms with Crippen molar-refractivity contribution in [1.29, 1.82) is 0 Å². The standard InChI is InChI=1S/C44H52N2O3.C2H6.H2S/c1-6-9-11-12-18-39(45-49)43(48)32-21-24-41-36(27-32)35-26-31(20-23-40(35)46(41)28-29(8-3)15-10-7-2)42(47)30-19-22-38-34(25-30)33-16-13-14-17-37(33)44(38,4)5;1-2;/h13-14,16-17,19-27,29,33,37,49H,6-12,15,18,28H2,1-5H3;1-2H3;1H2/b45-39+;;. The summed E-state index contributed by atoms with van der Waals surface area (Å²) in [5.74, 6) is 0.951. The molecule has 6 rings (SSSR count). The van der Waals surface area contributed by atoms with Crippen molar-refractivity contribution < 1.29 is 14.8 Å². The van der Waals surface area contributed by atoms with E-state index < -0.39 is 0 Å². The molecule has 3 atom stereocenters. The quantitative estimate of drug-likeness (QED) is 0.0437. The molecule has 0 saturated carbocycles. The van der Waals surface area contributed by atoms with E-state index in [-0.39, 0.29) is 42.1 Å². The van der Waals surface area contributed by atoms with Crippen molar-refractivity contribution in [3.8, 4) is 0 Å². The van der Waals surface area contributed by atoms with Gasteiger partial charge in [0.05, 0.1) is 0 Å². The molecule has 5 nitrogen and oxygen atoms in total. The second-order valence-corrected chi connectivity index (χ2v) is 14.9. The summed E-state index contributed by atoms with van der Waals surface area (Å²) in [5.41, 5.74) is 6.74. The summed E-state index contributed by atoms with van der Waals surface area (Å²) < 4.78 is 2.38. The van der Waals surface area contributed by atoms with Gasteiger partial charge in [-0.05, 0) is 90.1 Å². The first kappa shape index (κ1) is 40.9. The average Bonchev–Trinajstić information content (AvgIpc) is 3.60. The number of allylic oxidation sites excluding steroid dienone is 4. The number of nitrogens with zero attached hydrogens (tertiary/aromatic N) is 2. The third kappa shape index (κ3) is 8.02. The second kappa shape index (κ2) is 18.2. The van der Waals surface area contributed by atoms with Crippen LogP contribution in [0.4, 0.5) is 0 Å². The van der Waals surface area contributed by atoms with Crippen LogP contribution in [0.5, 0.6) is 0 Å². The van der Waals surface area contributed by atoms with Gasteiger partial charge in [0.1, 0.15) is 5.71 Å². The number of Topliss-reactive ketones (excluding diaryl/α,β-unsaturated/α-hetero) is 1. The molecule has 0 aliphatic heterocycles. The van der Waals surface area contributed by atoms with E-state index >= 15 is 0 Å². The molecule has 0 bridgehead atoms. The average molecular weight is 721 g/mol. The highest BCUT2D eigenvalue weighted by Gasteiger charge is 2.44. The Morgan fingerprint density at radius 3 is 2.08 bits per heavy atom. The minimum absolute atomic E-state index is 0. The molecule has 52 heavy (non-hydrogen) atoms. The Morgan fingerprint density at radius 2 is 1.42 bits per heavy atom. The summed E-state index contributed by atoms with van der Waals surface area (Å²) in [7, 11) is 0. The van der Waals surface area contributed by atoms with Gasteiger partial charge >= 0.3 is 0 Å². The number of unbranched alkanes of at least 4 members (excludes halogenated alkanes) is 4. The highest BCUT2D eigenvalue weighted by molar-refractivity contribution is 7.59. The minimum Gasteiger partial charge on any atom is -0.411 e. The summed E-state index contributed by atoms with van der Waals surface area (Å²) in [6, 6.07) is 18.2. The minimum atomic E-state index is -0.241. The molecule has 6 heteroatoms. The molecule has 0 fully saturated rings. The molecule has 278 valence electrons. The third-order valence-corrected chi connectivity index (χ3v) is 11.4. The maximum Gasteiger partial charge on any atom is 0.210 e. The van der Waals surface area contributed by atoms with E-state index in [9.17, 15) is 14.8 Å². The normalized spacial score (nSPS) is 17.6. The fourth-order valence-electron chi connectivity index (χ4n) is 8.36. The third-order valence-electron chi connectivity index (χ3n) is 11.4. The Hall–Kier alpha value is -3.90. The van der Waals surface area contributed by atoms with E-state index in [1.165, 1.54) is 24.0 Å². The number of fused-ring (bicyclic) bond motifs is 6. The summed E-state index contributed by atoms with van der Waals surface area (Å²) >= 11 is 0. The van der Waals surface area contributed by atoms with Crippen LogP contribution in [0, 0.1) is 11.8 Å². The highest BCUT2D eigenvalue weighted by Crippen LogP contribution is 2.53. The number of carbonyl (C=O) groups is 2. The van der Waals surface area contributed by atoms with Gasteiger partial charge in [-0.25, -0.2) is 0 Å². The van der Waals surface area contributed by atoms with Gasteiger partial charge in [0.25, 0.3) is 0 Å². The van der Waals surface area contributed by atoms with E-state index in [1.54, 1.807) is 0 Å². The molecule has 2 aliphatic rings. The van der Waals surface area contributed by atoms with Crippen molar-refractivity contribution in [3.05, 3.63) is 107 Å². The highest BCUT2D eigenvalue weighted by atomic mass is 32.1. The Labute approximate surface area is 318 Å². The Bertz CT molecular complexity index is 1960. The Kier molecular flexibility index (Phi) is 14.3. The molecule has 4 aromatic rings. The molecule has 0 saturated heterocycles. The van der Waals surface area contributed by atoms with Crippen molar-refractivity contribution in [1.82, 2.24) is 4.57 Å². The van der Waals surface area contributed by atoms with E-state index in [4.69, 9.17) is 0 Å². The maximum absolute atomic E-state index is 14.2. The van der Waals surface area contributed by atoms with Crippen LogP contribution in [0.3, 0.4) is 0 Å². The van der Waals surface area contributed by atoms with Crippen LogP contribution < -0.4 is 0 Å². The topological polar surface area (TPSA) is 71.7 Å². The van der Waals surface area contributed by atoms with Crippen LogP contribution in [-0.2, 0) is 12.0 Å². The van der Waals surface area contributed by atoms with Crippen molar-refractivity contribution in [3.63, 3.8) is 0 Å². The number of rotatable bonds is 15. The molecule has 1 N–H and O–H groups in total. The first-order chi connectivity index (χ1) is 24.7. The SMILES string of the molecule is CC.CCCCCC/C(=N\O)C(=O)c1ccc2c(c1)c1cc(C(=O)c3ccc4c(c3)C3C=CC=CC3C4(C)C)ccc1n2CC(CC)CCCC.S. The van der Waals surface area contributed by atoms with Crippen LogP contribution in [0.1, 0.15) is 150 Å². The fourth-order valence-corrected chi connectivity index (χ4v) is 8.36. The molecule has 1 heterocycles. The summed E-state index contributed by atoms with van der Waals surface area (Å²) in [4.78, 5) is 27.8. The van der Waals surface area contributed by atoms with Crippen LogP contribution in [-0.4, -0.2) is 27.1 Å². The lowest BCUT2D eigenvalue weighted by molar-refractivity contribution is 0.103. The number of benzene rings is 3. The molecular formula is C46H60N2O3S. The van der Waals surface area contributed by atoms with E-state index in [2.05, 4.69) is 86.8 Å². The van der Waals surface area contributed by atoms with Crippen molar-refractivity contribution in [2.45, 2.75) is 124 Å². The number of carbonyl (C=O) groups excluding carboxylic acids is 2. The van der Waals surface area contributed by atoms with Gasteiger partial charge in [-0.2, -0.15) is 13.5 Å². The van der Waals surface area contributed by atoms with Gasteiger partial charge in [0.2, 0.25) is 5.78 Å². The Balaban J connectivity index is 0.00000198. The molecular weight excluding hydrogens is 661 g/mol. The largest absolute Gasteiger partial charge is 0.411 e. The zero-order chi connectivity index (χ0) is 36.7. The fraction of sp³-hybridized carbons (Fsp3) is 0.457. The lowest BCUT2D eigenvalue weighted by Gasteiger charge is -2.29. The summed E-state index contributed by atoms with van der Waals surface area (Å²) in [6.07, 6.45) is 17.9. The molecule has 0 amide bonds. The maximum atomic E-state index is 14.2. The predicted octanol–water partition coefficient (Wildman–Crippen LogP) is 12.5. The number of aromatic nitrogens is 1. The van der Waals surface area contributed by atoms with Gasteiger partial charge in [-0.1, -0.05) is 129 Å². The number of oxime groups is 1. The monoisotopic (exact) mass is 720 g/mol. The lowest BCUT2D eigenvalue weighted by atomic mass is 9.74. The molecule has 3 unspecified atom stereocenters. The van der Waals surface area contributed by atoms with Crippen LogP contribution in [0.2, 0.25) is 0 Å². The van der Waals surface area contributed by atoms with Crippen LogP contribution >= 0.6 is 13.5 Å². The Morgan fingerprint density at radius 1 is 0.808 bits per heavy atom. The van der Waals surface area contributed by atoms with Crippen molar-refractivity contribution in [2.24, 2.45) is 17.0 Å². The van der Waals surface area contributed by atoms with Gasteiger partial charge < -0.3 is 9.77 Å². The number of hydrogen-bond donors (Lipinski definition) is 1. The van der Waals surface area contributed by atoms with Gasteiger partial charge in [0, 0.05) is 51.0 Å². The molecule has 0 radical (unpaired) electrons. The van der Waals surface area contributed by atoms with Crippen LogP contribution in [0.25, 0.3) is 21.8 Å². The van der Waals surface area contributed by atoms with Crippen molar-refractivity contribution in [2.75, 3.05) is 0 Å². The number of ketones is 2. The van der Waals surface area contributed by atoms with Crippen LogP contribution in [0.15, 0.2) is 84.1 Å². The molecule has 0 spiro atoms. The summed E-state index contributed by atoms with van der Waals surface area (Å²) in [6.45, 7) is 16.1. The van der Waals surface area contributed by atoms with E-state index in [1.807, 2.05) is 50.2 Å². The first-order valence-corrected chi connectivity index (χ1v) is 19.6. The lowest BCUT2D eigenvalue weighted by Crippen LogP contribution is -2.24. The van der Waals surface area contributed by atoms with Gasteiger partial charge in [-0.3, -0.25) is 9.59 Å². The molecule has 3 aromatic carbocycles. The molecule has 2 aliphatic carbocycles. The zero-order valence-corrected chi connectivity index (χ0v) is 33.5. The second-order valence-electron chi connectivity index (χ2n) is 14.9. The zero-order valence-electron chi connectivity index (χ0n) is 32.5. The van der Waals surface area contributed by atoms with E-state index in [0.717, 1.165) is 66.9 Å². The first-order valence-electron chi connectivity index (χ1n) is 19.6. The van der Waals surface area contributed by atoms with Gasteiger partial charge in [0.15, 0.2) is 5.78 Å². The van der Waals surface area contributed by atoms with Crippen molar-refractivity contribution >= 4 is 52.6 Å². The van der Waals surface area contributed by atoms with Gasteiger partial charge in [-0.15, -0.1) is 0 Å². The summed E-state index contributed by atoms with van der Waals surface area (Å²) in [5, 5.41) is 15.1. The predicted molar refractivity (Wildman–Crippen MR) is 224 cm³/mol. The number of hydrogen-bond acceptors (Lipinski definition) is 4. The smallest absolute Gasteiger partial charge is 0.210 e.